The molecule has 2 N–H and O–H groups in total. The summed E-state index contributed by atoms with van der Waals surface area (Å²) >= 11 is 1.55. The van der Waals surface area contributed by atoms with Crippen LogP contribution in [0.5, 0.6) is 0 Å². The molecule has 1 aromatic rings. The number of hydrogen-bond acceptors (Lipinski definition) is 5. The lowest BCUT2D eigenvalue weighted by atomic mass is 10.1. The molecule has 106 valence electrons. The Bertz CT molecular complexity index is 540. The summed E-state index contributed by atoms with van der Waals surface area (Å²) in [5.74, 6) is 0. The van der Waals surface area contributed by atoms with Crippen LogP contribution < -0.4 is 5.73 Å². The van der Waals surface area contributed by atoms with Gasteiger partial charge in [0, 0.05) is 12.1 Å². The maximum Gasteiger partial charge on any atom is 0.269 e. The molecule has 0 saturated carbocycles. The van der Waals surface area contributed by atoms with Gasteiger partial charge in [0.25, 0.3) is 5.69 Å². The second-order valence-electron chi connectivity index (χ2n) is 4.62. The summed E-state index contributed by atoms with van der Waals surface area (Å²) in [6.07, 6.45) is 3.67. The quantitative estimate of drug-likeness (QED) is 0.668. The number of nitrogens with two attached hydrogens (primary N) is 1. The second-order valence-corrected chi connectivity index (χ2v) is 5.55. The van der Waals surface area contributed by atoms with Gasteiger partial charge in [-0.1, -0.05) is 36.9 Å². The van der Waals surface area contributed by atoms with E-state index in [1.165, 1.54) is 12.1 Å². The standard InChI is InChI=1S/C14H17N3O2S/c1-2-11-7-8-20-14(16-11)13(15)9-10-3-5-12(6-4-10)17(18)19/h3-8,11,13H,2,9,15H2,1H3/t11?,13-/m0/s1. The predicted octanol–water partition coefficient (Wildman–Crippen LogP) is 2.90. The first kappa shape index (κ1) is 14.7. The average molecular weight is 291 g/mol. The maximum atomic E-state index is 10.6. The van der Waals surface area contributed by atoms with E-state index in [2.05, 4.69) is 18.0 Å². The predicted molar refractivity (Wildman–Crippen MR) is 83.0 cm³/mol. The minimum absolute atomic E-state index is 0.0979. The van der Waals surface area contributed by atoms with Crippen molar-refractivity contribution in [3.63, 3.8) is 0 Å². The van der Waals surface area contributed by atoms with Gasteiger partial charge in [0.1, 0.15) is 0 Å². The molecule has 0 spiro atoms. The van der Waals surface area contributed by atoms with Crippen molar-refractivity contribution >= 4 is 22.5 Å². The molecule has 0 aromatic heterocycles. The first-order chi connectivity index (χ1) is 9.60. The number of nitro groups is 1. The summed E-state index contributed by atoms with van der Waals surface area (Å²) in [5, 5.41) is 13.6. The minimum Gasteiger partial charge on any atom is -0.322 e. The number of hydrogen-bond donors (Lipinski definition) is 1. The molecule has 1 heterocycles. The Labute approximate surface area is 122 Å². The van der Waals surface area contributed by atoms with Crippen LogP contribution in [0.4, 0.5) is 5.69 Å². The van der Waals surface area contributed by atoms with Crippen molar-refractivity contribution in [1.82, 2.24) is 0 Å². The molecule has 0 bridgehead atoms. The van der Waals surface area contributed by atoms with Crippen LogP contribution in [0.2, 0.25) is 0 Å². The van der Waals surface area contributed by atoms with Crippen molar-refractivity contribution < 1.29 is 4.92 Å². The molecular weight excluding hydrogens is 274 g/mol. The van der Waals surface area contributed by atoms with Gasteiger partial charge in [-0.25, -0.2) is 0 Å². The lowest BCUT2D eigenvalue weighted by Gasteiger charge is -2.18. The monoisotopic (exact) mass is 291 g/mol. The molecule has 1 aliphatic rings. The number of thioether (sulfide) groups is 1. The van der Waals surface area contributed by atoms with Crippen LogP contribution in [0.15, 0.2) is 40.7 Å². The van der Waals surface area contributed by atoms with Crippen LogP contribution in [0.25, 0.3) is 0 Å². The van der Waals surface area contributed by atoms with Crippen molar-refractivity contribution in [3.05, 3.63) is 51.4 Å². The van der Waals surface area contributed by atoms with E-state index in [-0.39, 0.29) is 17.8 Å². The number of rotatable bonds is 5. The van der Waals surface area contributed by atoms with Gasteiger partial charge in [0.05, 0.1) is 22.1 Å². The zero-order chi connectivity index (χ0) is 14.5. The van der Waals surface area contributed by atoms with Crippen LogP contribution in [-0.2, 0) is 6.42 Å². The highest BCUT2D eigenvalue weighted by atomic mass is 32.2. The topological polar surface area (TPSA) is 81.5 Å². The molecule has 1 aliphatic heterocycles. The van der Waals surface area contributed by atoms with Crippen LogP contribution in [0.1, 0.15) is 18.9 Å². The Hall–Kier alpha value is -1.66. The summed E-state index contributed by atoms with van der Waals surface area (Å²) in [6.45, 7) is 2.09. The van der Waals surface area contributed by atoms with E-state index < -0.39 is 4.92 Å². The van der Waals surface area contributed by atoms with E-state index in [0.717, 1.165) is 17.0 Å². The van der Waals surface area contributed by atoms with E-state index in [1.54, 1.807) is 23.9 Å². The van der Waals surface area contributed by atoms with Gasteiger partial charge in [-0.2, -0.15) is 0 Å². The van der Waals surface area contributed by atoms with Gasteiger partial charge in [-0.15, -0.1) is 0 Å². The number of nitrogens with zero attached hydrogens (tertiary/aromatic N) is 2. The fourth-order valence-electron chi connectivity index (χ4n) is 1.94. The highest BCUT2D eigenvalue weighted by Gasteiger charge is 2.16. The van der Waals surface area contributed by atoms with Crippen LogP contribution in [0.3, 0.4) is 0 Å². The van der Waals surface area contributed by atoms with E-state index in [0.29, 0.717) is 6.42 Å². The molecule has 5 nitrogen and oxygen atoms in total. The van der Waals surface area contributed by atoms with Gasteiger partial charge in [0.15, 0.2) is 0 Å². The SMILES string of the molecule is CCC1C=CSC([C@@H](N)Cc2ccc([N+](=O)[O-])cc2)=N1. The van der Waals surface area contributed by atoms with Crippen molar-refractivity contribution in [2.24, 2.45) is 10.7 Å². The van der Waals surface area contributed by atoms with Crippen LogP contribution in [0, 0.1) is 10.1 Å². The number of non-ortho nitro benzene ring substituents is 1. The number of nitro benzene ring substituents is 1. The Kier molecular flexibility index (Phi) is 4.92. The Balaban J connectivity index is 2.02. The highest BCUT2D eigenvalue weighted by Crippen LogP contribution is 2.21. The molecule has 1 aromatic carbocycles. The summed E-state index contributed by atoms with van der Waals surface area (Å²) in [4.78, 5) is 14.8. The van der Waals surface area contributed by atoms with Crippen molar-refractivity contribution in [2.75, 3.05) is 0 Å². The van der Waals surface area contributed by atoms with Gasteiger partial charge in [-0.05, 0) is 23.8 Å². The minimum atomic E-state index is -0.401. The zero-order valence-corrected chi connectivity index (χ0v) is 12.0. The summed E-state index contributed by atoms with van der Waals surface area (Å²) < 4.78 is 0. The number of aliphatic imine (C=N–C) groups is 1. The summed E-state index contributed by atoms with van der Waals surface area (Å²) in [7, 11) is 0. The Morgan fingerprint density at radius 1 is 1.45 bits per heavy atom. The van der Waals surface area contributed by atoms with Crippen molar-refractivity contribution in [2.45, 2.75) is 31.8 Å². The van der Waals surface area contributed by atoms with Gasteiger partial charge in [-0.3, -0.25) is 15.1 Å². The average Bonchev–Trinajstić information content (AvgIpc) is 2.47. The number of benzene rings is 1. The molecule has 0 radical (unpaired) electrons. The highest BCUT2D eigenvalue weighted by molar-refractivity contribution is 8.16. The fraction of sp³-hybridized carbons (Fsp3) is 0.357. The molecule has 0 aliphatic carbocycles. The van der Waals surface area contributed by atoms with Crippen molar-refractivity contribution in [1.29, 1.82) is 0 Å². The van der Waals surface area contributed by atoms with E-state index in [1.807, 2.05) is 5.41 Å². The molecule has 20 heavy (non-hydrogen) atoms. The third-order valence-corrected chi connectivity index (χ3v) is 4.06. The van der Waals surface area contributed by atoms with E-state index in [9.17, 15) is 10.1 Å². The first-order valence-electron chi connectivity index (χ1n) is 6.50. The molecule has 2 atom stereocenters. The van der Waals surface area contributed by atoms with Gasteiger partial charge in [0.2, 0.25) is 0 Å². The van der Waals surface area contributed by atoms with Crippen molar-refractivity contribution in [3.8, 4) is 0 Å². The van der Waals surface area contributed by atoms with Gasteiger partial charge >= 0.3 is 0 Å². The molecule has 6 heteroatoms. The molecule has 2 rings (SSSR count). The third kappa shape index (κ3) is 3.68. The van der Waals surface area contributed by atoms with E-state index in [4.69, 9.17) is 5.73 Å². The largest absolute Gasteiger partial charge is 0.322 e. The Morgan fingerprint density at radius 3 is 2.75 bits per heavy atom. The molecule has 1 unspecified atom stereocenters. The first-order valence-corrected chi connectivity index (χ1v) is 7.38. The summed E-state index contributed by atoms with van der Waals surface area (Å²) in [5.41, 5.74) is 7.25. The normalized spacial score (nSPS) is 19.5. The molecular formula is C14H17N3O2S. The molecule has 0 amide bonds. The second kappa shape index (κ2) is 6.67. The maximum absolute atomic E-state index is 10.6. The van der Waals surface area contributed by atoms with Crippen LogP contribution in [-0.4, -0.2) is 22.1 Å². The molecule has 0 fully saturated rings. The lowest BCUT2D eigenvalue weighted by molar-refractivity contribution is -0.384. The molecule has 0 saturated heterocycles. The smallest absolute Gasteiger partial charge is 0.269 e. The van der Waals surface area contributed by atoms with Crippen LogP contribution >= 0.6 is 11.8 Å². The zero-order valence-electron chi connectivity index (χ0n) is 11.2. The lowest BCUT2D eigenvalue weighted by Crippen LogP contribution is -2.32. The van der Waals surface area contributed by atoms with E-state index >= 15 is 0 Å². The Morgan fingerprint density at radius 2 is 2.15 bits per heavy atom. The summed E-state index contributed by atoms with van der Waals surface area (Å²) in [6, 6.07) is 6.56. The third-order valence-electron chi connectivity index (χ3n) is 3.12. The fourth-order valence-corrected chi connectivity index (χ4v) is 2.80. The van der Waals surface area contributed by atoms with Gasteiger partial charge < -0.3 is 5.73 Å².